The van der Waals surface area contributed by atoms with Gasteiger partial charge in [0.15, 0.2) is 11.5 Å². The van der Waals surface area contributed by atoms with Gasteiger partial charge in [-0.15, -0.1) is 0 Å². The van der Waals surface area contributed by atoms with Crippen molar-refractivity contribution in [3.8, 4) is 17.2 Å². The van der Waals surface area contributed by atoms with Gasteiger partial charge in [0.25, 0.3) is 11.7 Å². The molecular weight excluding hydrogens is 426 g/mol. The molecule has 0 unspecified atom stereocenters. The van der Waals surface area contributed by atoms with Crippen LogP contribution in [0.1, 0.15) is 31.0 Å². The van der Waals surface area contributed by atoms with Crippen LogP contribution in [0.25, 0.3) is 5.76 Å². The van der Waals surface area contributed by atoms with Crippen molar-refractivity contribution in [3.63, 3.8) is 0 Å². The molecule has 0 aromatic heterocycles. The number of methoxy groups -OCH3 is 2. The summed E-state index contributed by atoms with van der Waals surface area (Å²) in [6.45, 7) is 5.13. The third kappa shape index (κ3) is 4.96. The average molecular weight is 456 g/mol. The Hall–Kier alpha value is -3.52. The van der Waals surface area contributed by atoms with Gasteiger partial charge in [-0.05, 0) is 55.8 Å². The van der Waals surface area contributed by atoms with E-state index in [0.717, 1.165) is 0 Å². The largest absolute Gasteiger partial charge is 0.507 e. The second kappa shape index (κ2) is 10.9. The van der Waals surface area contributed by atoms with Crippen molar-refractivity contribution in [2.75, 3.05) is 40.6 Å². The minimum Gasteiger partial charge on any atom is -0.507 e. The van der Waals surface area contributed by atoms with Crippen LogP contribution in [0.15, 0.2) is 48.0 Å². The number of benzene rings is 2. The summed E-state index contributed by atoms with van der Waals surface area (Å²) in [5.74, 6) is -0.0545. The van der Waals surface area contributed by atoms with Crippen LogP contribution in [0.5, 0.6) is 17.2 Å². The number of amides is 1. The van der Waals surface area contributed by atoms with Crippen LogP contribution in [0.3, 0.4) is 0 Å². The van der Waals surface area contributed by atoms with E-state index in [2.05, 4.69) is 0 Å². The van der Waals surface area contributed by atoms with Crippen LogP contribution in [-0.2, 0) is 14.3 Å². The summed E-state index contributed by atoms with van der Waals surface area (Å²) in [7, 11) is 3.04. The number of nitrogens with zero attached hydrogens (tertiary/aromatic N) is 1. The zero-order valence-electron chi connectivity index (χ0n) is 19.3. The lowest BCUT2D eigenvalue weighted by molar-refractivity contribution is -0.140. The molecule has 2 aromatic carbocycles. The molecule has 3 rings (SSSR count). The molecule has 1 atom stereocenters. The first kappa shape index (κ1) is 24.1. The number of Topliss-reactive ketones (excluding diaryl/α,β-unsaturated/α-hetero) is 1. The van der Waals surface area contributed by atoms with Gasteiger partial charge < -0.3 is 29.0 Å². The van der Waals surface area contributed by atoms with E-state index in [4.69, 9.17) is 18.9 Å². The minimum absolute atomic E-state index is 0.00600. The van der Waals surface area contributed by atoms with Crippen LogP contribution in [-0.4, -0.2) is 62.3 Å². The van der Waals surface area contributed by atoms with E-state index < -0.39 is 17.7 Å². The van der Waals surface area contributed by atoms with Gasteiger partial charge in [-0.2, -0.15) is 0 Å². The number of carbonyl (C=O) groups is 2. The number of hydrogen-bond acceptors (Lipinski definition) is 7. The molecule has 1 fully saturated rings. The second-order valence-electron chi connectivity index (χ2n) is 7.29. The van der Waals surface area contributed by atoms with Crippen LogP contribution in [0.2, 0.25) is 0 Å². The number of ketones is 1. The van der Waals surface area contributed by atoms with Crippen molar-refractivity contribution in [1.29, 1.82) is 0 Å². The fourth-order valence-corrected chi connectivity index (χ4v) is 3.81. The fourth-order valence-electron chi connectivity index (χ4n) is 3.81. The molecule has 1 aliphatic heterocycles. The first-order valence-electron chi connectivity index (χ1n) is 10.8. The average Bonchev–Trinajstić information content (AvgIpc) is 3.08. The maximum absolute atomic E-state index is 13.0. The molecule has 0 spiro atoms. The highest BCUT2D eigenvalue weighted by Crippen LogP contribution is 2.42. The number of ether oxygens (including phenoxy) is 4. The van der Waals surface area contributed by atoms with Crippen molar-refractivity contribution >= 4 is 17.4 Å². The van der Waals surface area contributed by atoms with Crippen molar-refractivity contribution in [2.24, 2.45) is 0 Å². The standard InChI is InChI=1S/C25H29NO7/c1-5-32-18-10-7-16(8-11-18)23(27)21-22(26(13-14-30-3)25(29)24(21)28)17-9-12-19(33-6-2)20(15-17)31-4/h7-12,15,22,27H,5-6,13-14H2,1-4H3/t22-/m0/s1. The Labute approximate surface area is 193 Å². The molecule has 176 valence electrons. The van der Waals surface area contributed by atoms with Gasteiger partial charge in [0.2, 0.25) is 0 Å². The Morgan fingerprint density at radius 1 is 0.970 bits per heavy atom. The second-order valence-corrected chi connectivity index (χ2v) is 7.29. The molecule has 33 heavy (non-hydrogen) atoms. The lowest BCUT2D eigenvalue weighted by Gasteiger charge is -2.25. The minimum atomic E-state index is -0.809. The smallest absolute Gasteiger partial charge is 0.295 e. The summed E-state index contributed by atoms with van der Waals surface area (Å²) < 4.78 is 21.6. The molecule has 1 amide bonds. The highest BCUT2D eigenvalue weighted by Gasteiger charge is 2.46. The van der Waals surface area contributed by atoms with E-state index >= 15 is 0 Å². The van der Waals surface area contributed by atoms with E-state index in [1.165, 1.54) is 19.1 Å². The van der Waals surface area contributed by atoms with Crippen LogP contribution < -0.4 is 14.2 Å². The molecule has 0 bridgehead atoms. The lowest BCUT2D eigenvalue weighted by Crippen LogP contribution is -2.32. The van der Waals surface area contributed by atoms with Crippen LogP contribution in [0, 0.1) is 0 Å². The zero-order valence-corrected chi connectivity index (χ0v) is 19.3. The molecule has 1 N–H and O–H groups in total. The maximum Gasteiger partial charge on any atom is 0.295 e. The molecule has 1 heterocycles. The number of aliphatic hydroxyl groups excluding tert-OH is 1. The van der Waals surface area contributed by atoms with Gasteiger partial charge in [0, 0.05) is 19.2 Å². The molecule has 1 aliphatic rings. The molecule has 1 saturated heterocycles. The van der Waals surface area contributed by atoms with Crippen LogP contribution in [0.4, 0.5) is 0 Å². The summed E-state index contributed by atoms with van der Waals surface area (Å²) >= 11 is 0. The Balaban J connectivity index is 2.13. The van der Waals surface area contributed by atoms with Gasteiger partial charge in [0.1, 0.15) is 11.5 Å². The summed E-state index contributed by atoms with van der Waals surface area (Å²) in [5, 5.41) is 11.1. The van der Waals surface area contributed by atoms with E-state index in [0.29, 0.717) is 41.6 Å². The van der Waals surface area contributed by atoms with Gasteiger partial charge in [-0.25, -0.2) is 0 Å². The predicted molar refractivity (Wildman–Crippen MR) is 123 cm³/mol. The topological polar surface area (TPSA) is 94.5 Å². The predicted octanol–water partition coefficient (Wildman–Crippen LogP) is 3.56. The van der Waals surface area contributed by atoms with E-state index in [9.17, 15) is 14.7 Å². The first-order chi connectivity index (χ1) is 16.0. The molecule has 8 heteroatoms. The van der Waals surface area contributed by atoms with Crippen molar-refractivity contribution in [3.05, 3.63) is 59.2 Å². The van der Waals surface area contributed by atoms with E-state index in [1.807, 2.05) is 13.8 Å². The van der Waals surface area contributed by atoms with E-state index in [1.54, 1.807) is 42.5 Å². The van der Waals surface area contributed by atoms with Gasteiger partial charge in [0.05, 0.1) is 38.5 Å². The Morgan fingerprint density at radius 3 is 2.27 bits per heavy atom. The molecule has 0 aliphatic carbocycles. The van der Waals surface area contributed by atoms with Crippen molar-refractivity contribution < 1.29 is 33.6 Å². The van der Waals surface area contributed by atoms with E-state index in [-0.39, 0.29) is 24.5 Å². The molecular formula is C25H29NO7. The highest BCUT2D eigenvalue weighted by molar-refractivity contribution is 6.46. The molecule has 0 radical (unpaired) electrons. The number of carbonyl (C=O) groups excluding carboxylic acids is 2. The first-order valence-corrected chi connectivity index (χ1v) is 10.8. The molecule has 2 aromatic rings. The third-order valence-corrected chi connectivity index (χ3v) is 5.32. The molecule has 8 nitrogen and oxygen atoms in total. The Morgan fingerprint density at radius 2 is 1.67 bits per heavy atom. The monoisotopic (exact) mass is 455 g/mol. The zero-order chi connectivity index (χ0) is 24.0. The quantitative estimate of drug-likeness (QED) is 0.333. The van der Waals surface area contributed by atoms with Gasteiger partial charge in [-0.1, -0.05) is 6.07 Å². The van der Waals surface area contributed by atoms with Crippen LogP contribution >= 0.6 is 0 Å². The summed E-state index contributed by atoms with van der Waals surface area (Å²) in [6, 6.07) is 11.1. The van der Waals surface area contributed by atoms with Gasteiger partial charge in [-0.3, -0.25) is 9.59 Å². The Kier molecular flexibility index (Phi) is 7.95. The van der Waals surface area contributed by atoms with Crippen molar-refractivity contribution in [2.45, 2.75) is 19.9 Å². The summed E-state index contributed by atoms with van der Waals surface area (Å²) in [5.41, 5.74) is 1.02. The van der Waals surface area contributed by atoms with Gasteiger partial charge >= 0.3 is 0 Å². The number of hydrogen-bond donors (Lipinski definition) is 1. The fraction of sp³-hybridized carbons (Fsp3) is 0.360. The lowest BCUT2D eigenvalue weighted by atomic mass is 9.95. The Bertz CT molecular complexity index is 1030. The SMILES string of the molecule is CCOc1ccc(C(O)=C2C(=O)C(=O)N(CCOC)[C@H]2c2ccc(OCC)c(OC)c2)cc1. The highest BCUT2D eigenvalue weighted by atomic mass is 16.5. The third-order valence-electron chi connectivity index (χ3n) is 5.32. The molecule has 0 saturated carbocycles. The number of aliphatic hydroxyl groups is 1. The number of likely N-dealkylation sites (tertiary alicyclic amines) is 1. The summed E-state index contributed by atoms with van der Waals surface area (Å²) in [6.07, 6.45) is 0. The maximum atomic E-state index is 13.0. The number of rotatable bonds is 10. The normalized spacial score (nSPS) is 17.3. The summed E-state index contributed by atoms with van der Waals surface area (Å²) in [4.78, 5) is 27.3. The van der Waals surface area contributed by atoms with Crippen molar-refractivity contribution in [1.82, 2.24) is 4.90 Å².